The van der Waals surface area contributed by atoms with Crippen molar-refractivity contribution in [2.45, 2.75) is 13.8 Å². The van der Waals surface area contributed by atoms with Crippen molar-refractivity contribution in [1.82, 2.24) is 5.16 Å². The number of hydrogen-bond acceptors (Lipinski definition) is 4. The van der Waals surface area contributed by atoms with Crippen molar-refractivity contribution in [2.24, 2.45) is 0 Å². The van der Waals surface area contributed by atoms with E-state index in [9.17, 15) is 4.79 Å². The summed E-state index contributed by atoms with van der Waals surface area (Å²) in [5.41, 5.74) is 1.60. The number of nitrogens with one attached hydrogen (secondary N) is 1. The van der Waals surface area contributed by atoms with Gasteiger partial charge in [-0.15, -0.1) is 0 Å². The van der Waals surface area contributed by atoms with Crippen molar-refractivity contribution in [2.75, 3.05) is 5.32 Å². The number of nitrogens with zero attached hydrogens (tertiary/aromatic N) is 1. The minimum absolute atomic E-state index is 0.153. The van der Waals surface area contributed by atoms with Gasteiger partial charge in [-0.1, -0.05) is 5.16 Å². The number of amides is 1. The van der Waals surface area contributed by atoms with Crippen molar-refractivity contribution in [1.29, 1.82) is 0 Å². The fourth-order valence-corrected chi connectivity index (χ4v) is 1.55. The molecule has 5 heteroatoms. The number of aryl methyl sites for hydroxylation is 2. The zero-order valence-corrected chi connectivity index (χ0v) is 9.52. The summed E-state index contributed by atoms with van der Waals surface area (Å²) in [7, 11) is 0. The Kier molecular flexibility index (Phi) is 2.82. The van der Waals surface area contributed by atoms with Gasteiger partial charge in [0, 0.05) is 5.69 Å². The third-order valence-corrected chi connectivity index (χ3v) is 2.39. The number of aromatic nitrogens is 1. The van der Waals surface area contributed by atoms with Gasteiger partial charge in [0.05, 0.1) is 5.69 Å². The van der Waals surface area contributed by atoms with E-state index in [1.165, 1.54) is 12.1 Å². The van der Waals surface area contributed by atoms with Crippen molar-refractivity contribution in [3.05, 3.63) is 41.3 Å². The normalized spacial score (nSPS) is 10.2. The summed E-state index contributed by atoms with van der Waals surface area (Å²) in [6.07, 6.45) is 0. The minimum Gasteiger partial charge on any atom is -0.508 e. The lowest BCUT2D eigenvalue weighted by atomic mass is 10.2. The number of carbonyl (C=O) groups excluding carboxylic acids is 1. The van der Waals surface area contributed by atoms with Gasteiger partial charge in [0.25, 0.3) is 5.91 Å². The fraction of sp³-hybridized carbons (Fsp3) is 0.167. The molecule has 0 spiro atoms. The largest absolute Gasteiger partial charge is 0.508 e. The van der Waals surface area contributed by atoms with Crippen molar-refractivity contribution < 1.29 is 14.4 Å². The van der Waals surface area contributed by atoms with Crippen LogP contribution in [0.15, 0.2) is 28.8 Å². The van der Waals surface area contributed by atoms with E-state index in [2.05, 4.69) is 10.5 Å². The molecule has 0 saturated heterocycles. The van der Waals surface area contributed by atoms with E-state index in [1.807, 2.05) is 0 Å². The lowest BCUT2D eigenvalue weighted by Gasteiger charge is -2.04. The SMILES string of the molecule is Cc1noc(C)c1C(=O)Nc1ccc(O)cc1. The molecule has 2 N–H and O–H groups in total. The lowest BCUT2D eigenvalue weighted by Crippen LogP contribution is -2.13. The molecule has 0 fully saturated rings. The molecule has 0 aliphatic carbocycles. The number of phenols is 1. The Bertz CT molecular complexity index is 524. The van der Waals surface area contributed by atoms with Crippen LogP contribution in [0.4, 0.5) is 5.69 Å². The molecule has 0 radical (unpaired) electrons. The van der Waals surface area contributed by atoms with Crippen molar-refractivity contribution in [3.8, 4) is 5.75 Å². The van der Waals surface area contributed by atoms with Crippen LogP contribution < -0.4 is 5.32 Å². The summed E-state index contributed by atoms with van der Waals surface area (Å²) >= 11 is 0. The summed E-state index contributed by atoms with van der Waals surface area (Å²) < 4.78 is 4.92. The second-order valence-electron chi connectivity index (χ2n) is 3.70. The van der Waals surface area contributed by atoms with Crippen LogP contribution in [0.5, 0.6) is 5.75 Å². The highest BCUT2D eigenvalue weighted by Crippen LogP contribution is 2.17. The van der Waals surface area contributed by atoms with E-state index in [4.69, 9.17) is 9.63 Å². The van der Waals surface area contributed by atoms with Gasteiger partial charge in [0.2, 0.25) is 0 Å². The van der Waals surface area contributed by atoms with Crippen LogP contribution in [0, 0.1) is 13.8 Å². The highest BCUT2D eigenvalue weighted by Gasteiger charge is 2.17. The molecule has 17 heavy (non-hydrogen) atoms. The molecule has 1 amide bonds. The van der Waals surface area contributed by atoms with E-state index in [0.717, 1.165) is 0 Å². The van der Waals surface area contributed by atoms with Crippen LogP contribution in [-0.2, 0) is 0 Å². The second kappa shape index (κ2) is 4.29. The van der Waals surface area contributed by atoms with E-state index in [0.29, 0.717) is 22.7 Å². The van der Waals surface area contributed by atoms with Gasteiger partial charge in [0.1, 0.15) is 17.1 Å². The standard InChI is InChI=1S/C12H12N2O3/c1-7-11(8(2)17-14-7)12(16)13-9-3-5-10(15)6-4-9/h3-6,15H,1-2H3,(H,13,16). The average molecular weight is 232 g/mol. The summed E-state index contributed by atoms with van der Waals surface area (Å²) in [5.74, 6) is 0.367. The maximum atomic E-state index is 11.9. The Hall–Kier alpha value is -2.30. The number of carbonyl (C=O) groups is 1. The number of rotatable bonds is 2. The molecular formula is C12H12N2O3. The summed E-state index contributed by atoms with van der Waals surface area (Å²) in [5, 5.41) is 15.5. The molecule has 2 aromatic rings. The monoisotopic (exact) mass is 232 g/mol. The third kappa shape index (κ3) is 2.28. The smallest absolute Gasteiger partial charge is 0.261 e. The average Bonchev–Trinajstić information content (AvgIpc) is 2.62. The van der Waals surface area contributed by atoms with Crippen LogP contribution >= 0.6 is 0 Å². The Morgan fingerprint density at radius 3 is 2.47 bits per heavy atom. The number of hydrogen-bond donors (Lipinski definition) is 2. The molecule has 0 unspecified atom stereocenters. The zero-order valence-electron chi connectivity index (χ0n) is 9.52. The Labute approximate surface area is 98.1 Å². The summed E-state index contributed by atoms with van der Waals surface area (Å²) in [6, 6.07) is 6.24. The molecule has 5 nitrogen and oxygen atoms in total. The first-order valence-corrected chi connectivity index (χ1v) is 5.11. The van der Waals surface area contributed by atoms with Gasteiger partial charge in [-0.3, -0.25) is 4.79 Å². The second-order valence-corrected chi connectivity index (χ2v) is 3.70. The van der Waals surface area contributed by atoms with Crippen molar-refractivity contribution in [3.63, 3.8) is 0 Å². The number of anilines is 1. The van der Waals surface area contributed by atoms with Gasteiger partial charge in [-0.05, 0) is 38.1 Å². The van der Waals surface area contributed by atoms with E-state index >= 15 is 0 Å². The van der Waals surface area contributed by atoms with Crippen LogP contribution in [0.1, 0.15) is 21.8 Å². The van der Waals surface area contributed by atoms with Crippen LogP contribution in [0.25, 0.3) is 0 Å². The van der Waals surface area contributed by atoms with Crippen LogP contribution in [0.2, 0.25) is 0 Å². The predicted octanol–water partition coefficient (Wildman–Crippen LogP) is 2.25. The highest BCUT2D eigenvalue weighted by atomic mass is 16.5. The Morgan fingerprint density at radius 1 is 1.29 bits per heavy atom. The first-order valence-electron chi connectivity index (χ1n) is 5.11. The van der Waals surface area contributed by atoms with Crippen LogP contribution in [-0.4, -0.2) is 16.2 Å². The van der Waals surface area contributed by atoms with Gasteiger partial charge in [-0.2, -0.15) is 0 Å². The topological polar surface area (TPSA) is 75.4 Å². The third-order valence-electron chi connectivity index (χ3n) is 2.39. The predicted molar refractivity (Wildman–Crippen MR) is 62.0 cm³/mol. The number of benzene rings is 1. The maximum absolute atomic E-state index is 11.9. The molecule has 0 aliphatic rings. The summed E-state index contributed by atoms with van der Waals surface area (Å²) in [6.45, 7) is 3.40. The molecule has 1 aromatic heterocycles. The first kappa shape index (κ1) is 11.2. The quantitative estimate of drug-likeness (QED) is 0.778. The maximum Gasteiger partial charge on any atom is 0.261 e. The molecule has 88 valence electrons. The number of aromatic hydroxyl groups is 1. The molecule has 0 saturated carbocycles. The van der Waals surface area contributed by atoms with Crippen molar-refractivity contribution >= 4 is 11.6 Å². The lowest BCUT2D eigenvalue weighted by molar-refractivity contribution is 0.102. The first-order chi connectivity index (χ1) is 8.08. The molecule has 1 heterocycles. The van der Waals surface area contributed by atoms with Gasteiger partial charge < -0.3 is 14.9 Å². The van der Waals surface area contributed by atoms with Gasteiger partial charge in [-0.25, -0.2) is 0 Å². The molecule has 1 aromatic carbocycles. The minimum atomic E-state index is -0.271. The number of phenolic OH excluding ortho intramolecular Hbond substituents is 1. The molecule has 0 aliphatic heterocycles. The van der Waals surface area contributed by atoms with Gasteiger partial charge >= 0.3 is 0 Å². The van der Waals surface area contributed by atoms with E-state index < -0.39 is 0 Å². The Morgan fingerprint density at radius 2 is 1.94 bits per heavy atom. The Balaban J connectivity index is 2.20. The molecular weight excluding hydrogens is 220 g/mol. The van der Waals surface area contributed by atoms with Crippen LogP contribution in [0.3, 0.4) is 0 Å². The molecule has 2 rings (SSSR count). The van der Waals surface area contributed by atoms with E-state index in [-0.39, 0.29) is 11.7 Å². The van der Waals surface area contributed by atoms with E-state index in [1.54, 1.807) is 26.0 Å². The van der Waals surface area contributed by atoms with Gasteiger partial charge in [0.15, 0.2) is 0 Å². The zero-order chi connectivity index (χ0) is 12.4. The fourth-order valence-electron chi connectivity index (χ4n) is 1.55. The molecule has 0 bridgehead atoms. The summed E-state index contributed by atoms with van der Waals surface area (Å²) in [4.78, 5) is 11.9. The highest BCUT2D eigenvalue weighted by molar-refractivity contribution is 6.05. The molecule has 0 atom stereocenters.